The van der Waals surface area contributed by atoms with Crippen molar-refractivity contribution in [3.63, 3.8) is 0 Å². The monoisotopic (exact) mass is 349 g/mol. The fraction of sp³-hybridized carbons (Fsp3) is 0.294. The van der Waals surface area contributed by atoms with Crippen molar-refractivity contribution in [2.75, 3.05) is 25.6 Å². The zero-order valence-electron chi connectivity index (χ0n) is 12.6. The summed E-state index contributed by atoms with van der Waals surface area (Å²) in [6.07, 6.45) is 0. The van der Waals surface area contributed by atoms with Crippen LogP contribution in [0.15, 0.2) is 40.9 Å². The van der Waals surface area contributed by atoms with Gasteiger partial charge in [0.15, 0.2) is 0 Å². The Bertz CT molecular complexity index is 573. The molecule has 0 fully saturated rings. The van der Waals surface area contributed by atoms with Gasteiger partial charge in [0.2, 0.25) is 0 Å². The van der Waals surface area contributed by atoms with Gasteiger partial charge in [-0.15, -0.1) is 0 Å². The van der Waals surface area contributed by atoms with Gasteiger partial charge in [-0.05, 0) is 61.4 Å². The molecule has 0 saturated heterocycles. The fourth-order valence-corrected chi connectivity index (χ4v) is 2.89. The van der Waals surface area contributed by atoms with Gasteiger partial charge in [-0.25, -0.2) is 0 Å². The lowest BCUT2D eigenvalue weighted by Crippen LogP contribution is -2.13. The molecule has 0 bridgehead atoms. The van der Waals surface area contributed by atoms with Crippen LogP contribution in [0, 0.1) is 13.8 Å². The van der Waals surface area contributed by atoms with Crippen molar-refractivity contribution in [2.24, 2.45) is 0 Å². The first kappa shape index (κ1) is 15.7. The van der Waals surface area contributed by atoms with E-state index in [9.17, 15) is 0 Å². The summed E-state index contributed by atoms with van der Waals surface area (Å²) in [4.78, 5) is 0. The van der Waals surface area contributed by atoms with Crippen molar-refractivity contribution in [3.8, 4) is 11.5 Å². The van der Waals surface area contributed by atoms with E-state index in [4.69, 9.17) is 9.47 Å². The fourth-order valence-electron chi connectivity index (χ4n) is 2.21. The largest absolute Gasteiger partial charge is 0.497 e. The number of benzene rings is 2. The molecule has 0 aliphatic rings. The minimum Gasteiger partial charge on any atom is -0.497 e. The lowest BCUT2D eigenvalue weighted by atomic mass is 10.1. The third-order valence-electron chi connectivity index (χ3n) is 3.23. The molecule has 112 valence electrons. The van der Waals surface area contributed by atoms with E-state index in [0.29, 0.717) is 6.61 Å². The van der Waals surface area contributed by atoms with Crippen molar-refractivity contribution in [1.82, 2.24) is 0 Å². The van der Waals surface area contributed by atoms with Crippen LogP contribution in [0.4, 0.5) is 5.69 Å². The summed E-state index contributed by atoms with van der Waals surface area (Å²) in [5, 5.41) is 3.43. The van der Waals surface area contributed by atoms with Gasteiger partial charge in [0.1, 0.15) is 18.1 Å². The van der Waals surface area contributed by atoms with Crippen LogP contribution in [0.1, 0.15) is 11.1 Å². The second-order valence-corrected chi connectivity index (χ2v) is 5.78. The zero-order chi connectivity index (χ0) is 15.2. The number of methoxy groups -OCH3 is 1. The van der Waals surface area contributed by atoms with Gasteiger partial charge in [0, 0.05) is 16.7 Å². The van der Waals surface area contributed by atoms with Crippen molar-refractivity contribution in [1.29, 1.82) is 0 Å². The van der Waals surface area contributed by atoms with E-state index in [1.54, 1.807) is 7.11 Å². The third-order valence-corrected chi connectivity index (χ3v) is 3.69. The Labute approximate surface area is 134 Å². The molecule has 0 atom stereocenters. The summed E-state index contributed by atoms with van der Waals surface area (Å²) < 4.78 is 11.9. The Morgan fingerprint density at radius 1 is 1.00 bits per heavy atom. The molecule has 0 heterocycles. The summed E-state index contributed by atoms with van der Waals surface area (Å²) in [6.45, 7) is 5.57. The number of halogens is 1. The molecule has 0 saturated carbocycles. The number of hydrogen-bond acceptors (Lipinski definition) is 3. The third kappa shape index (κ3) is 4.39. The predicted octanol–water partition coefficient (Wildman–Crippen LogP) is 4.57. The molecule has 3 nitrogen and oxygen atoms in total. The van der Waals surface area contributed by atoms with Crippen LogP contribution in [0.3, 0.4) is 0 Å². The smallest absolute Gasteiger partial charge is 0.119 e. The van der Waals surface area contributed by atoms with E-state index < -0.39 is 0 Å². The topological polar surface area (TPSA) is 30.5 Å². The minimum absolute atomic E-state index is 0.612. The van der Waals surface area contributed by atoms with Crippen LogP contribution in [-0.4, -0.2) is 20.3 Å². The molecular formula is C17H20BrNO2. The average molecular weight is 350 g/mol. The van der Waals surface area contributed by atoms with Crippen LogP contribution >= 0.6 is 15.9 Å². The number of anilines is 1. The highest BCUT2D eigenvalue weighted by Crippen LogP contribution is 2.25. The summed E-state index contributed by atoms with van der Waals surface area (Å²) in [5.74, 6) is 1.68. The van der Waals surface area contributed by atoms with Gasteiger partial charge < -0.3 is 14.8 Å². The second-order valence-electron chi connectivity index (χ2n) is 4.87. The Hall–Kier alpha value is -1.68. The normalized spacial score (nSPS) is 10.3. The SMILES string of the molecule is COc1ccc(OCCNc2c(C)cc(Br)cc2C)cc1. The first-order chi connectivity index (χ1) is 10.1. The van der Waals surface area contributed by atoms with E-state index in [1.165, 1.54) is 16.8 Å². The zero-order valence-corrected chi connectivity index (χ0v) is 14.2. The van der Waals surface area contributed by atoms with Crippen LogP contribution in [0.2, 0.25) is 0 Å². The number of nitrogens with one attached hydrogen (secondary N) is 1. The molecule has 1 N–H and O–H groups in total. The Kier molecular flexibility index (Phi) is 5.51. The van der Waals surface area contributed by atoms with Crippen LogP contribution in [-0.2, 0) is 0 Å². The quantitative estimate of drug-likeness (QED) is 0.775. The molecule has 2 aromatic rings. The number of rotatable bonds is 6. The van der Waals surface area contributed by atoms with Crippen molar-refractivity contribution in [2.45, 2.75) is 13.8 Å². The summed E-state index contributed by atoms with van der Waals surface area (Å²) in [5.41, 5.74) is 3.63. The van der Waals surface area contributed by atoms with Gasteiger partial charge >= 0.3 is 0 Å². The van der Waals surface area contributed by atoms with E-state index in [-0.39, 0.29) is 0 Å². The summed E-state index contributed by atoms with van der Waals surface area (Å²) >= 11 is 3.51. The first-order valence-corrected chi connectivity index (χ1v) is 7.67. The van der Waals surface area contributed by atoms with Crippen molar-refractivity contribution < 1.29 is 9.47 Å². The van der Waals surface area contributed by atoms with Crippen LogP contribution < -0.4 is 14.8 Å². The van der Waals surface area contributed by atoms with E-state index in [1.807, 2.05) is 24.3 Å². The molecule has 0 aliphatic carbocycles. The highest BCUT2D eigenvalue weighted by Gasteiger charge is 2.03. The maximum absolute atomic E-state index is 5.70. The molecule has 0 unspecified atom stereocenters. The second kappa shape index (κ2) is 7.36. The lowest BCUT2D eigenvalue weighted by Gasteiger charge is -2.14. The maximum Gasteiger partial charge on any atom is 0.119 e. The molecule has 0 aromatic heterocycles. The summed E-state index contributed by atoms with van der Waals surface area (Å²) in [6, 6.07) is 11.8. The van der Waals surface area contributed by atoms with Crippen molar-refractivity contribution in [3.05, 3.63) is 52.0 Å². The lowest BCUT2D eigenvalue weighted by molar-refractivity contribution is 0.331. The molecule has 0 spiro atoms. The Balaban J connectivity index is 1.84. The minimum atomic E-state index is 0.612. The number of hydrogen-bond donors (Lipinski definition) is 1. The van der Waals surface area contributed by atoms with Gasteiger partial charge in [0.25, 0.3) is 0 Å². The summed E-state index contributed by atoms with van der Waals surface area (Å²) in [7, 11) is 1.66. The van der Waals surface area contributed by atoms with Crippen molar-refractivity contribution >= 4 is 21.6 Å². The number of ether oxygens (including phenoxy) is 2. The van der Waals surface area contributed by atoms with E-state index in [0.717, 1.165) is 22.5 Å². The van der Waals surface area contributed by atoms with Gasteiger partial charge in [-0.1, -0.05) is 15.9 Å². The maximum atomic E-state index is 5.70. The standard InChI is InChI=1S/C17H20BrNO2/c1-12-10-14(18)11-13(2)17(12)19-8-9-21-16-6-4-15(20-3)5-7-16/h4-7,10-11,19H,8-9H2,1-3H3. The molecule has 0 amide bonds. The molecule has 21 heavy (non-hydrogen) atoms. The van der Waals surface area contributed by atoms with Gasteiger partial charge in [-0.3, -0.25) is 0 Å². The van der Waals surface area contributed by atoms with Crippen LogP contribution in [0.5, 0.6) is 11.5 Å². The Morgan fingerprint density at radius 3 is 2.14 bits per heavy atom. The average Bonchev–Trinajstić information content (AvgIpc) is 2.46. The highest BCUT2D eigenvalue weighted by molar-refractivity contribution is 9.10. The molecular weight excluding hydrogens is 330 g/mol. The molecule has 2 aromatic carbocycles. The predicted molar refractivity (Wildman–Crippen MR) is 90.6 cm³/mol. The van der Waals surface area contributed by atoms with Crippen LogP contribution in [0.25, 0.3) is 0 Å². The van der Waals surface area contributed by atoms with E-state index >= 15 is 0 Å². The first-order valence-electron chi connectivity index (χ1n) is 6.87. The Morgan fingerprint density at radius 2 is 1.57 bits per heavy atom. The van der Waals surface area contributed by atoms with Gasteiger partial charge in [0.05, 0.1) is 7.11 Å². The highest BCUT2D eigenvalue weighted by atomic mass is 79.9. The molecule has 0 aliphatic heterocycles. The van der Waals surface area contributed by atoms with Gasteiger partial charge in [-0.2, -0.15) is 0 Å². The number of aryl methyl sites for hydroxylation is 2. The molecule has 0 radical (unpaired) electrons. The molecule has 4 heteroatoms. The molecule has 2 rings (SSSR count). The van der Waals surface area contributed by atoms with E-state index in [2.05, 4.69) is 47.2 Å².